The fourth-order valence-electron chi connectivity index (χ4n) is 2.59. The lowest BCUT2D eigenvalue weighted by Gasteiger charge is -2.25. The summed E-state index contributed by atoms with van der Waals surface area (Å²) < 4.78 is 1.65. The average Bonchev–Trinajstić information content (AvgIpc) is 2.94. The summed E-state index contributed by atoms with van der Waals surface area (Å²) in [6.45, 7) is 4.11. The number of aromatic nitrogens is 3. The summed E-state index contributed by atoms with van der Waals surface area (Å²) in [6.07, 6.45) is 1.56. The van der Waals surface area contributed by atoms with E-state index in [1.807, 2.05) is 25.1 Å². The van der Waals surface area contributed by atoms with Crippen LogP contribution in [0.3, 0.4) is 0 Å². The molecule has 1 N–H and O–H groups in total. The van der Waals surface area contributed by atoms with Gasteiger partial charge in [0.05, 0.1) is 12.1 Å². The van der Waals surface area contributed by atoms with Gasteiger partial charge in [0.1, 0.15) is 5.69 Å². The molecule has 1 aromatic carbocycles. The first kappa shape index (κ1) is 12.0. The monoisotopic (exact) mass is 256 g/mol. The highest BCUT2D eigenvalue weighted by Crippen LogP contribution is 2.26. The van der Waals surface area contributed by atoms with Gasteiger partial charge in [0.25, 0.3) is 0 Å². The molecule has 5 heteroatoms. The van der Waals surface area contributed by atoms with Gasteiger partial charge < -0.3 is 5.32 Å². The molecule has 1 aliphatic rings. The van der Waals surface area contributed by atoms with Crippen LogP contribution in [0, 0.1) is 0 Å². The standard InChI is InChI=1S/C14H16N4O/c1-2-18-13(9-16-17-18)14(19)12-8-15-7-10-5-3-4-6-11(10)12/h3-6,9,12,15H,2,7-8H2,1H3. The zero-order chi connectivity index (χ0) is 13.2. The van der Waals surface area contributed by atoms with Crippen molar-refractivity contribution in [2.45, 2.75) is 25.9 Å². The molecule has 2 heterocycles. The molecule has 0 spiro atoms. The van der Waals surface area contributed by atoms with Crippen LogP contribution in [-0.4, -0.2) is 27.3 Å². The molecule has 2 aromatic rings. The smallest absolute Gasteiger partial charge is 0.191 e. The SMILES string of the molecule is CCn1nncc1C(=O)C1CNCc2ccccc21. The molecule has 0 fully saturated rings. The molecule has 0 saturated heterocycles. The van der Waals surface area contributed by atoms with E-state index in [2.05, 4.69) is 21.7 Å². The second-order valence-electron chi connectivity index (χ2n) is 4.68. The zero-order valence-corrected chi connectivity index (χ0v) is 10.8. The van der Waals surface area contributed by atoms with E-state index < -0.39 is 0 Å². The van der Waals surface area contributed by atoms with Crippen LogP contribution in [0.2, 0.25) is 0 Å². The van der Waals surface area contributed by atoms with Gasteiger partial charge in [0.2, 0.25) is 0 Å². The van der Waals surface area contributed by atoms with Crippen LogP contribution < -0.4 is 5.32 Å². The van der Waals surface area contributed by atoms with Gasteiger partial charge in [-0.1, -0.05) is 29.5 Å². The molecular formula is C14H16N4O. The third-order valence-corrected chi connectivity index (χ3v) is 3.58. The van der Waals surface area contributed by atoms with Crippen LogP contribution in [0.4, 0.5) is 0 Å². The number of nitrogens with one attached hydrogen (secondary N) is 1. The lowest BCUT2D eigenvalue weighted by Crippen LogP contribution is -2.33. The number of carbonyl (C=O) groups is 1. The van der Waals surface area contributed by atoms with Crippen LogP contribution in [-0.2, 0) is 13.1 Å². The highest BCUT2D eigenvalue weighted by atomic mass is 16.1. The van der Waals surface area contributed by atoms with Crippen LogP contribution in [0.15, 0.2) is 30.5 Å². The van der Waals surface area contributed by atoms with Crippen LogP contribution >= 0.6 is 0 Å². The first-order valence-electron chi connectivity index (χ1n) is 6.52. The number of rotatable bonds is 3. The van der Waals surface area contributed by atoms with E-state index in [0.717, 1.165) is 12.1 Å². The molecule has 3 rings (SSSR count). The number of Topliss-reactive ketones (excluding diaryl/α,β-unsaturated/α-hetero) is 1. The fourth-order valence-corrected chi connectivity index (χ4v) is 2.59. The Balaban J connectivity index is 1.98. The van der Waals surface area contributed by atoms with E-state index in [1.165, 1.54) is 5.56 Å². The van der Waals surface area contributed by atoms with E-state index in [0.29, 0.717) is 18.8 Å². The molecule has 19 heavy (non-hydrogen) atoms. The molecule has 0 bridgehead atoms. The Hall–Kier alpha value is -2.01. The maximum Gasteiger partial charge on any atom is 0.191 e. The number of nitrogens with zero attached hydrogens (tertiary/aromatic N) is 3. The van der Waals surface area contributed by atoms with Crippen molar-refractivity contribution in [2.24, 2.45) is 0 Å². The number of aryl methyl sites for hydroxylation is 1. The summed E-state index contributed by atoms with van der Waals surface area (Å²) in [4.78, 5) is 12.7. The van der Waals surface area contributed by atoms with Gasteiger partial charge in [-0.2, -0.15) is 0 Å². The van der Waals surface area contributed by atoms with Gasteiger partial charge in [0.15, 0.2) is 5.78 Å². The third-order valence-electron chi connectivity index (χ3n) is 3.58. The zero-order valence-electron chi connectivity index (χ0n) is 10.8. The number of ketones is 1. The van der Waals surface area contributed by atoms with Gasteiger partial charge in [-0.25, -0.2) is 4.68 Å². The van der Waals surface area contributed by atoms with Crippen molar-refractivity contribution in [3.8, 4) is 0 Å². The summed E-state index contributed by atoms with van der Waals surface area (Å²) in [6, 6.07) is 8.10. The van der Waals surface area contributed by atoms with Crippen LogP contribution in [0.5, 0.6) is 0 Å². The van der Waals surface area contributed by atoms with Crippen LogP contribution in [0.25, 0.3) is 0 Å². The first-order chi connectivity index (χ1) is 9.31. The predicted octanol–water partition coefficient (Wildman–Crippen LogP) is 1.37. The summed E-state index contributed by atoms with van der Waals surface area (Å²) in [5, 5.41) is 11.1. The van der Waals surface area contributed by atoms with Crippen molar-refractivity contribution in [1.29, 1.82) is 0 Å². The minimum Gasteiger partial charge on any atom is -0.312 e. The van der Waals surface area contributed by atoms with Gasteiger partial charge in [-0.3, -0.25) is 4.79 Å². The Kier molecular flexibility index (Phi) is 3.13. The molecule has 1 atom stereocenters. The molecule has 1 aliphatic heterocycles. The van der Waals surface area contributed by atoms with E-state index >= 15 is 0 Å². The van der Waals surface area contributed by atoms with Crippen molar-refractivity contribution in [1.82, 2.24) is 20.3 Å². The van der Waals surface area contributed by atoms with Crippen molar-refractivity contribution < 1.29 is 4.79 Å². The molecular weight excluding hydrogens is 240 g/mol. The van der Waals surface area contributed by atoms with Crippen molar-refractivity contribution in [3.05, 3.63) is 47.3 Å². The van der Waals surface area contributed by atoms with Crippen molar-refractivity contribution in [3.63, 3.8) is 0 Å². The largest absolute Gasteiger partial charge is 0.312 e. The number of fused-ring (bicyclic) bond motifs is 1. The Labute approximate surface area is 111 Å². The molecule has 5 nitrogen and oxygen atoms in total. The quantitative estimate of drug-likeness (QED) is 0.843. The molecule has 0 aliphatic carbocycles. The second kappa shape index (κ2) is 4.93. The predicted molar refractivity (Wildman–Crippen MR) is 70.9 cm³/mol. The lowest BCUT2D eigenvalue weighted by molar-refractivity contribution is 0.0944. The highest BCUT2D eigenvalue weighted by Gasteiger charge is 2.28. The molecule has 1 unspecified atom stereocenters. The second-order valence-corrected chi connectivity index (χ2v) is 4.68. The topological polar surface area (TPSA) is 59.8 Å². The number of hydrogen-bond acceptors (Lipinski definition) is 4. The first-order valence-corrected chi connectivity index (χ1v) is 6.52. The van der Waals surface area contributed by atoms with E-state index in [9.17, 15) is 4.79 Å². The van der Waals surface area contributed by atoms with E-state index in [1.54, 1.807) is 10.9 Å². The maximum atomic E-state index is 12.7. The molecule has 98 valence electrons. The Morgan fingerprint density at radius 2 is 2.32 bits per heavy atom. The summed E-state index contributed by atoms with van der Waals surface area (Å²) in [7, 11) is 0. The summed E-state index contributed by atoms with van der Waals surface area (Å²) >= 11 is 0. The van der Waals surface area contributed by atoms with E-state index in [-0.39, 0.29) is 11.7 Å². The molecule has 0 saturated carbocycles. The Morgan fingerprint density at radius 3 is 3.16 bits per heavy atom. The van der Waals surface area contributed by atoms with Crippen LogP contribution in [0.1, 0.15) is 34.5 Å². The van der Waals surface area contributed by atoms with Gasteiger partial charge in [-0.05, 0) is 18.1 Å². The third kappa shape index (κ3) is 2.06. The lowest BCUT2D eigenvalue weighted by atomic mass is 9.87. The number of hydrogen-bond donors (Lipinski definition) is 1. The van der Waals surface area contributed by atoms with E-state index in [4.69, 9.17) is 0 Å². The summed E-state index contributed by atoms with van der Waals surface area (Å²) in [5.74, 6) is -0.0553. The minimum atomic E-state index is -0.145. The Bertz CT molecular complexity index is 605. The molecule has 0 radical (unpaired) electrons. The fraction of sp³-hybridized carbons (Fsp3) is 0.357. The minimum absolute atomic E-state index is 0.0894. The van der Waals surface area contributed by atoms with Gasteiger partial charge in [0, 0.05) is 19.6 Å². The normalized spacial score (nSPS) is 18.1. The molecule has 1 aromatic heterocycles. The Morgan fingerprint density at radius 1 is 1.47 bits per heavy atom. The highest BCUT2D eigenvalue weighted by molar-refractivity contribution is 5.99. The summed E-state index contributed by atoms with van der Waals surface area (Å²) in [5.41, 5.74) is 2.91. The number of carbonyl (C=O) groups excluding carboxylic acids is 1. The number of benzene rings is 1. The average molecular weight is 256 g/mol. The maximum absolute atomic E-state index is 12.7. The van der Waals surface area contributed by atoms with Gasteiger partial charge in [-0.15, -0.1) is 5.10 Å². The van der Waals surface area contributed by atoms with Crippen molar-refractivity contribution in [2.75, 3.05) is 6.54 Å². The molecule has 0 amide bonds. The van der Waals surface area contributed by atoms with Gasteiger partial charge >= 0.3 is 0 Å². The van der Waals surface area contributed by atoms with Crippen molar-refractivity contribution >= 4 is 5.78 Å².